The fraction of sp³-hybridized carbons (Fsp3) is 0.929. The zero-order valence-electron chi connectivity index (χ0n) is 12.6. The smallest absolute Gasteiger partial charge is 0.219 e. The second-order valence-electron chi connectivity index (χ2n) is 5.70. The van der Waals surface area contributed by atoms with Crippen molar-refractivity contribution < 1.29 is 14.6 Å². The third-order valence-electron chi connectivity index (χ3n) is 2.88. The Morgan fingerprint density at radius 1 is 1.37 bits per heavy atom. The molecule has 0 saturated carbocycles. The van der Waals surface area contributed by atoms with E-state index in [2.05, 4.69) is 12.2 Å². The van der Waals surface area contributed by atoms with Gasteiger partial charge in [0.05, 0.1) is 12.7 Å². The number of unbranched alkanes of at least 4 members (excludes halogenated alkanes) is 3. The van der Waals surface area contributed by atoms with Gasteiger partial charge in [0.2, 0.25) is 5.91 Å². The Labute approximate surface area is 116 Å². The van der Waals surface area contributed by atoms with E-state index in [9.17, 15) is 9.90 Å². The van der Waals surface area contributed by atoms with Crippen LogP contribution in [0.1, 0.15) is 52.9 Å². The van der Waals surface area contributed by atoms with Gasteiger partial charge in [0.15, 0.2) is 0 Å². The number of aliphatic hydroxyl groups is 1. The third kappa shape index (κ3) is 12.1. The first kappa shape index (κ1) is 18.4. The van der Waals surface area contributed by atoms with E-state index < -0.39 is 11.6 Å². The molecule has 0 aromatic carbocycles. The van der Waals surface area contributed by atoms with Crippen LogP contribution in [0, 0.1) is 0 Å². The van der Waals surface area contributed by atoms with Crippen LogP contribution in [-0.4, -0.2) is 42.4 Å². The van der Waals surface area contributed by atoms with Crippen molar-refractivity contribution >= 4 is 5.91 Å². The lowest BCUT2D eigenvalue weighted by atomic mass is 10.0. The summed E-state index contributed by atoms with van der Waals surface area (Å²) in [5, 5.41) is 12.9. The van der Waals surface area contributed by atoms with E-state index in [0.29, 0.717) is 19.8 Å². The molecule has 0 aromatic rings. The summed E-state index contributed by atoms with van der Waals surface area (Å²) in [5.41, 5.74) is 4.76. The highest BCUT2D eigenvalue weighted by Gasteiger charge is 2.20. The van der Waals surface area contributed by atoms with Crippen LogP contribution in [0.3, 0.4) is 0 Å². The van der Waals surface area contributed by atoms with E-state index in [1.54, 1.807) is 0 Å². The monoisotopic (exact) mass is 274 g/mol. The van der Waals surface area contributed by atoms with E-state index in [-0.39, 0.29) is 12.3 Å². The molecule has 0 aliphatic rings. The van der Waals surface area contributed by atoms with Crippen LogP contribution >= 0.6 is 0 Å². The minimum absolute atomic E-state index is 0.248. The topological polar surface area (TPSA) is 84.6 Å². The van der Waals surface area contributed by atoms with Crippen LogP contribution < -0.4 is 11.1 Å². The van der Waals surface area contributed by atoms with Crippen molar-refractivity contribution in [2.45, 2.75) is 64.5 Å². The summed E-state index contributed by atoms with van der Waals surface area (Å²) in [5.74, 6) is -0.348. The fourth-order valence-corrected chi connectivity index (χ4v) is 1.80. The molecule has 5 heteroatoms. The van der Waals surface area contributed by atoms with Gasteiger partial charge in [-0.25, -0.2) is 0 Å². The average molecular weight is 274 g/mol. The van der Waals surface area contributed by atoms with Gasteiger partial charge in [0.25, 0.3) is 0 Å². The van der Waals surface area contributed by atoms with Gasteiger partial charge < -0.3 is 20.9 Å². The van der Waals surface area contributed by atoms with Crippen LogP contribution in [0.15, 0.2) is 0 Å². The number of β-amino-alcohol motifs (C(OH)–C–C–N with tert-alkyl or cyclic N) is 1. The number of hydrogen-bond donors (Lipinski definition) is 3. The Kier molecular flexibility index (Phi) is 9.83. The maximum absolute atomic E-state index is 10.9. The van der Waals surface area contributed by atoms with Crippen molar-refractivity contribution in [3.63, 3.8) is 0 Å². The number of aliphatic hydroxyl groups excluding tert-OH is 1. The number of carbonyl (C=O) groups is 1. The van der Waals surface area contributed by atoms with Gasteiger partial charge >= 0.3 is 0 Å². The van der Waals surface area contributed by atoms with Crippen LogP contribution in [0.5, 0.6) is 0 Å². The first-order chi connectivity index (χ1) is 8.87. The zero-order valence-corrected chi connectivity index (χ0v) is 12.6. The molecule has 0 radical (unpaired) electrons. The highest BCUT2D eigenvalue weighted by atomic mass is 16.5. The van der Waals surface area contributed by atoms with E-state index in [0.717, 1.165) is 6.42 Å². The first-order valence-corrected chi connectivity index (χ1v) is 7.16. The Morgan fingerprint density at radius 3 is 2.63 bits per heavy atom. The molecule has 0 bridgehead atoms. The van der Waals surface area contributed by atoms with Crippen molar-refractivity contribution in [1.29, 1.82) is 0 Å². The summed E-state index contributed by atoms with van der Waals surface area (Å²) in [4.78, 5) is 10.9. The average Bonchev–Trinajstić information content (AvgIpc) is 2.29. The molecule has 0 heterocycles. The Hall–Kier alpha value is -0.650. The number of primary amides is 1. The van der Waals surface area contributed by atoms with Crippen molar-refractivity contribution in [1.82, 2.24) is 5.32 Å². The lowest BCUT2D eigenvalue weighted by molar-refractivity contribution is -0.119. The maximum atomic E-state index is 10.9. The Morgan fingerprint density at radius 2 is 2.05 bits per heavy atom. The van der Waals surface area contributed by atoms with Crippen LogP contribution in [0.4, 0.5) is 0 Å². The highest BCUT2D eigenvalue weighted by molar-refractivity contribution is 5.74. The zero-order chi connectivity index (χ0) is 14.7. The van der Waals surface area contributed by atoms with Gasteiger partial charge in [-0.05, 0) is 20.3 Å². The fourth-order valence-electron chi connectivity index (χ4n) is 1.80. The maximum Gasteiger partial charge on any atom is 0.219 e. The van der Waals surface area contributed by atoms with Crippen molar-refractivity contribution in [2.24, 2.45) is 5.73 Å². The van der Waals surface area contributed by atoms with Gasteiger partial charge in [-0.2, -0.15) is 0 Å². The molecule has 0 spiro atoms. The van der Waals surface area contributed by atoms with Crippen LogP contribution in [0.2, 0.25) is 0 Å². The Balaban J connectivity index is 3.58. The molecular weight excluding hydrogens is 244 g/mol. The first-order valence-electron chi connectivity index (χ1n) is 7.16. The molecular formula is C14H30N2O3. The van der Waals surface area contributed by atoms with Gasteiger partial charge in [-0.15, -0.1) is 0 Å². The summed E-state index contributed by atoms with van der Waals surface area (Å²) in [6.07, 6.45) is 4.35. The predicted molar refractivity (Wildman–Crippen MR) is 76.9 cm³/mol. The van der Waals surface area contributed by atoms with Gasteiger partial charge in [-0.3, -0.25) is 4.79 Å². The van der Waals surface area contributed by atoms with Crippen LogP contribution in [0.25, 0.3) is 0 Å². The number of carbonyl (C=O) groups excluding carboxylic acids is 1. The molecule has 5 nitrogen and oxygen atoms in total. The lowest BCUT2D eigenvalue weighted by Gasteiger charge is -2.26. The summed E-state index contributed by atoms with van der Waals surface area (Å²) >= 11 is 0. The molecule has 114 valence electrons. The van der Waals surface area contributed by atoms with Crippen LogP contribution in [-0.2, 0) is 9.53 Å². The Bertz CT molecular complexity index is 245. The number of amides is 1. The molecule has 0 aromatic heterocycles. The minimum Gasteiger partial charge on any atom is -0.389 e. The quantitative estimate of drug-likeness (QED) is 0.467. The van der Waals surface area contributed by atoms with Crippen molar-refractivity contribution in [3.8, 4) is 0 Å². The second kappa shape index (κ2) is 10.2. The largest absolute Gasteiger partial charge is 0.389 e. The number of ether oxygens (including phenoxy) is 1. The highest BCUT2D eigenvalue weighted by Crippen LogP contribution is 2.07. The van der Waals surface area contributed by atoms with Gasteiger partial charge in [0.1, 0.15) is 0 Å². The minimum atomic E-state index is -0.557. The van der Waals surface area contributed by atoms with E-state index in [1.165, 1.54) is 19.3 Å². The van der Waals surface area contributed by atoms with Crippen molar-refractivity contribution in [2.75, 3.05) is 19.8 Å². The molecule has 0 aliphatic heterocycles. The summed E-state index contributed by atoms with van der Waals surface area (Å²) in [7, 11) is 0. The van der Waals surface area contributed by atoms with Gasteiger partial charge in [-0.1, -0.05) is 26.2 Å². The van der Waals surface area contributed by atoms with E-state index >= 15 is 0 Å². The summed E-state index contributed by atoms with van der Waals surface area (Å²) < 4.78 is 5.41. The standard InChI is InChI=1S/C14H30N2O3/c1-4-5-6-7-8-19-11-12(17)10-16-14(2,3)9-13(15)18/h12,16-17H,4-11H2,1-3H3,(H2,15,18). The number of rotatable bonds is 12. The molecule has 0 saturated heterocycles. The third-order valence-corrected chi connectivity index (χ3v) is 2.88. The SMILES string of the molecule is CCCCCCOCC(O)CNC(C)(C)CC(N)=O. The lowest BCUT2D eigenvalue weighted by Crippen LogP contribution is -2.46. The molecule has 1 atom stereocenters. The normalized spacial score (nSPS) is 13.5. The predicted octanol–water partition coefficient (Wildman–Crippen LogP) is 1.19. The van der Waals surface area contributed by atoms with Gasteiger partial charge in [0, 0.05) is 25.1 Å². The molecule has 0 rings (SSSR count). The molecule has 1 unspecified atom stereocenters. The van der Waals surface area contributed by atoms with E-state index in [1.807, 2.05) is 13.8 Å². The number of hydrogen-bond acceptors (Lipinski definition) is 4. The summed E-state index contributed by atoms with van der Waals surface area (Å²) in [6.45, 7) is 7.36. The van der Waals surface area contributed by atoms with Crippen molar-refractivity contribution in [3.05, 3.63) is 0 Å². The second-order valence-corrected chi connectivity index (χ2v) is 5.70. The van der Waals surface area contributed by atoms with E-state index in [4.69, 9.17) is 10.5 Å². The number of nitrogens with one attached hydrogen (secondary N) is 1. The molecule has 1 amide bonds. The molecule has 0 aliphatic carbocycles. The molecule has 0 fully saturated rings. The molecule has 19 heavy (non-hydrogen) atoms. The summed E-state index contributed by atoms with van der Waals surface area (Å²) in [6, 6.07) is 0. The molecule has 4 N–H and O–H groups in total. The number of nitrogens with two attached hydrogens (primary N) is 1.